The lowest BCUT2D eigenvalue weighted by molar-refractivity contribution is 0.328. The van der Waals surface area contributed by atoms with Crippen LogP contribution in [0.1, 0.15) is 13.3 Å². The number of rotatable bonds is 3. The normalized spacial score (nSPS) is 22.8. The van der Waals surface area contributed by atoms with E-state index in [0.29, 0.717) is 10.8 Å². The highest BCUT2D eigenvalue weighted by atomic mass is 79.9. The molecular formula is C16H19BrN2O2S. The van der Waals surface area contributed by atoms with Gasteiger partial charge in [-0.25, -0.2) is 13.1 Å². The lowest BCUT2D eigenvalue weighted by Crippen LogP contribution is -2.48. The second-order valence-electron chi connectivity index (χ2n) is 5.85. The third kappa shape index (κ3) is 3.35. The van der Waals surface area contributed by atoms with Gasteiger partial charge in [0.15, 0.2) is 0 Å². The molecule has 2 atom stereocenters. The molecular weight excluding hydrogens is 364 g/mol. The SMILES string of the molecule is CC1CNCCC1NS(=O)(=O)c1ccc2cc(Br)ccc2c1. The Labute approximate surface area is 139 Å². The van der Waals surface area contributed by atoms with E-state index < -0.39 is 10.0 Å². The molecule has 0 aliphatic carbocycles. The molecule has 0 spiro atoms. The molecule has 1 aliphatic heterocycles. The summed E-state index contributed by atoms with van der Waals surface area (Å²) in [6.45, 7) is 3.76. The molecule has 1 fully saturated rings. The fourth-order valence-electron chi connectivity index (χ4n) is 2.82. The minimum absolute atomic E-state index is 0.00753. The van der Waals surface area contributed by atoms with Crippen LogP contribution in [0.2, 0.25) is 0 Å². The first kappa shape index (κ1) is 15.9. The van der Waals surface area contributed by atoms with Gasteiger partial charge in [-0.2, -0.15) is 0 Å². The van der Waals surface area contributed by atoms with E-state index in [1.54, 1.807) is 12.1 Å². The second kappa shape index (κ2) is 6.28. The molecule has 2 unspecified atom stereocenters. The van der Waals surface area contributed by atoms with E-state index >= 15 is 0 Å². The van der Waals surface area contributed by atoms with Gasteiger partial charge in [0.05, 0.1) is 4.90 Å². The van der Waals surface area contributed by atoms with E-state index in [9.17, 15) is 8.42 Å². The van der Waals surface area contributed by atoms with E-state index in [4.69, 9.17) is 0 Å². The van der Waals surface area contributed by atoms with Gasteiger partial charge in [-0.15, -0.1) is 0 Å². The fraction of sp³-hybridized carbons (Fsp3) is 0.375. The fourth-order valence-corrected chi connectivity index (χ4v) is 4.61. The zero-order chi connectivity index (χ0) is 15.7. The largest absolute Gasteiger partial charge is 0.316 e. The predicted octanol–water partition coefficient (Wildman–Crippen LogP) is 2.88. The maximum absolute atomic E-state index is 12.6. The topological polar surface area (TPSA) is 58.2 Å². The van der Waals surface area contributed by atoms with Gasteiger partial charge in [-0.3, -0.25) is 0 Å². The summed E-state index contributed by atoms with van der Waals surface area (Å²) in [6, 6.07) is 11.1. The number of nitrogens with one attached hydrogen (secondary N) is 2. The molecule has 4 nitrogen and oxygen atoms in total. The van der Waals surface area contributed by atoms with Crippen LogP contribution in [-0.4, -0.2) is 27.5 Å². The Morgan fingerprint density at radius 2 is 1.91 bits per heavy atom. The molecule has 0 amide bonds. The molecule has 3 rings (SSSR count). The van der Waals surface area contributed by atoms with Crippen LogP contribution in [0.15, 0.2) is 45.8 Å². The van der Waals surface area contributed by atoms with Gasteiger partial charge in [0, 0.05) is 10.5 Å². The number of halogens is 1. The van der Waals surface area contributed by atoms with Crippen molar-refractivity contribution in [2.24, 2.45) is 5.92 Å². The number of fused-ring (bicyclic) bond motifs is 1. The maximum Gasteiger partial charge on any atom is 0.240 e. The van der Waals surface area contributed by atoms with Crippen molar-refractivity contribution in [3.8, 4) is 0 Å². The van der Waals surface area contributed by atoms with Crippen molar-refractivity contribution in [2.45, 2.75) is 24.3 Å². The van der Waals surface area contributed by atoms with E-state index in [-0.39, 0.29) is 6.04 Å². The summed E-state index contributed by atoms with van der Waals surface area (Å²) in [5.74, 6) is 0.292. The highest BCUT2D eigenvalue weighted by Gasteiger charge is 2.26. The minimum Gasteiger partial charge on any atom is -0.316 e. The summed E-state index contributed by atoms with van der Waals surface area (Å²) in [5.41, 5.74) is 0. The Morgan fingerprint density at radius 3 is 2.68 bits per heavy atom. The maximum atomic E-state index is 12.6. The first-order valence-electron chi connectivity index (χ1n) is 7.38. The van der Waals surface area contributed by atoms with Crippen LogP contribution >= 0.6 is 15.9 Å². The van der Waals surface area contributed by atoms with Crippen molar-refractivity contribution in [2.75, 3.05) is 13.1 Å². The summed E-state index contributed by atoms with van der Waals surface area (Å²) in [7, 11) is -3.48. The van der Waals surface area contributed by atoms with Gasteiger partial charge in [-0.1, -0.05) is 35.0 Å². The lowest BCUT2D eigenvalue weighted by Gasteiger charge is -2.30. The van der Waals surface area contributed by atoms with E-state index in [0.717, 1.165) is 34.8 Å². The van der Waals surface area contributed by atoms with Gasteiger partial charge in [0.1, 0.15) is 0 Å². The Kier molecular flexibility index (Phi) is 4.54. The first-order chi connectivity index (χ1) is 10.5. The van der Waals surface area contributed by atoms with Crippen molar-refractivity contribution in [3.63, 3.8) is 0 Å². The third-order valence-corrected chi connectivity index (χ3v) is 6.16. The van der Waals surface area contributed by atoms with Crippen LogP contribution in [0.3, 0.4) is 0 Å². The summed E-state index contributed by atoms with van der Waals surface area (Å²) < 4.78 is 29.1. The van der Waals surface area contributed by atoms with Gasteiger partial charge in [0.25, 0.3) is 0 Å². The van der Waals surface area contributed by atoms with Gasteiger partial charge < -0.3 is 5.32 Å². The summed E-state index contributed by atoms with van der Waals surface area (Å²) in [4.78, 5) is 0.327. The molecule has 2 N–H and O–H groups in total. The van der Waals surface area contributed by atoms with Crippen molar-refractivity contribution in [1.82, 2.24) is 10.0 Å². The smallest absolute Gasteiger partial charge is 0.240 e. The average Bonchev–Trinajstić information content (AvgIpc) is 2.49. The van der Waals surface area contributed by atoms with Gasteiger partial charge in [0.2, 0.25) is 10.0 Å². The van der Waals surface area contributed by atoms with Crippen molar-refractivity contribution >= 4 is 36.7 Å². The minimum atomic E-state index is -3.48. The first-order valence-corrected chi connectivity index (χ1v) is 9.66. The molecule has 1 saturated heterocycles. The molecule has 2 aromatic rings. The number of hydrogen-bond donors (Lipinski definition) is 2. The predicted molar refractivity (Wildman–Crippen MR) is 92.4 cm³/mol. The molecule has 2 aromatic carbocycles. The van der Waals surface area contributed by atoms with Crippen LogP contribution < -0.4 is 10.0 Å². The highest BCUT2D eigenvalue weighted by molar-refractivity contribution is 9.10. The van der Waals surface area contributed by atoms with Crippen LogP contribution in [-0.2, 0) is 10.0 Å². The van der Waals surface area contributed by atoms with E-state index in [2.05, 4.69) is 32.9 Å². The van der Waals surface area contributed by atoms with Crippen LogP contribution in [0.25, 0.3) is 10.8 Å². The van der Waals surface area contributed by atoms with E-state index in [1.165, 1.54) is 0 Å². The molecule has 0 aromatic heterocycles. The summed E-state index contributed by atoms with van der Waals surface area (Å²) >= 11 is 3.43. The van der Waals surface area contributed by atoms with Gasteiger partial charge >= 0.3 is 0 Å². The van der Waals surface area contributed by atoms with Crippen molar-refractivity contribution < 1.29 is 8.42 Å². The third-order valence-electron chi connectivity index (χ3n) is 4.18. The zero-order valence-corrected chi connectivity index (χ0v) is 14.7. The molecule has 0 bridgehead atoms. The van der Waals surface area contributed by atoms with Crippen molar-refractivity contribution in [3.05, 3.63) is 40.9 Å². The average molecular weight is 383 g/mol. The molecule has 0 radical (unpaired) electrons. The molecule has 22 heavy (non-hydrogen) atoms. The van der Waals surface area contributed by atoms with E-state index in [1.807, 2.05) is 24.3 Å². The Bertz CT molecular complexity index is 792. The van der Waals surface area contributed by atoms with Crippen LogP contribution in [0.5, 0.6) is 0 Å². The Morgan fingerprint density at radius 1 is 1.18 bits per heavy atom. The number of benzene rings is 2. The van der Waals surface area contributed by atoms with Crippen molar-refractivity contribution in [1.29, 1.82) is 0 Å². The second-order valence-corrected chi connectivity index (χ2v) is 8.48. The Hall–Kier alpha value is -0.950. The molecule has 6 heteroatoms. The Balaban J connectivity index is 1.89. The van der Waals surface area contributed by atoms with Gasteiger partial charge in [-0.05, 0) is 60.5 Å². The molecule has 118 valence electrons. The van der Waals surface area contributed by atoms with Crippen LogP contribution in [0, 0.1) is 5.92 Å². The molecule has 1 heterocycles. The monoisotopic (exact) mass is 382 g/mol. The standard InChI is InChI=1S/C16H19BrN2O2S/c1-11-10-18-7-6-16(11)19-22(20,21)15-5-3-12-8-14(17)4-2-13(12)9-15/h2-5,8-9,11,16,18-19H,6-7,10H2,1H3. The summed E-state index contributed by atoms with van der Waals surface area (Å²) in [6.07, 6.45) is 0.820. The zero-order valence-electron chi connectivity index (χ0n) is 12.3. The molecule has 0 saturated carbocycles. The number of sulfonamides is 1. The number of piperidine rings is 1. The summed E-state index contributed by atoms with van der Waals surface area (Å²) in [5, 5.41) is 5.22. The quantitative estimate of drug-likeness (QED) is 0.857. The highest BCUT2D eigenvalue weighted by Crippen LogP contribution is 2.23. The lowest BCUT2D eigenvalue weighted by atomic mass is 9.97. The molecule has 1 aliphatic rings. The van der Waals surface area contributed by atoms with Crippen LogP contribution in [0.4, 0.5) is 0 Å². The number of hydrogen-bond acceptors (Lipinski definition) is 3.